The van der Waals surface area contributed by atoms with E-state index >= 15 is 0 Å². The number of imidazole rings is 1. The van der Waals surface area contributed by atoms with E-state index in [4.69, 9.17) is 0 Å². The van der Waals surface area contributed by atoms with Gasteiger partial charge in [-0.3, -0.25) is 14.8 Å². The van der Waals surface area contributed by atoms with Crippen molar-refractivity contribution in [2.75, 3.05) is 18.0 Å². The van der Waals surface area contributed by atoms with Crippen molar-refractivity contribution in [2.45, 2.75) is 26.7 Å². The number of anilines is 1. The fourth-order valence-corrected chi connectivity index (χ4v) is 4.35. The number of hydrogen-bond donors (Lipinski definition) is 4. The first-order valence-corrected chi connectivity index (χ1v) is 11.0. The molecule has 1 fully saturated rings. The lowest BCUT2D eigenvalue weighted by Crippen LogP contribution is -2.31. The molecule has 0 bridgehead atoms. The van der Waals surface area contributed by atoms with E-state index in [1.807, 2.05) is 32.0 Å². The van der Waals surface area contributed by atoms with E-state index in [1.54, 1.807) is 12.1 Å². The molecule has 10 nitrogen and oxygen atoms in total. The van der Waals surface area contributed by atoms with Crippen LogP contribution in [-0.2, 0) is 0 Å². The summed E-state index contributed by atoms with van der Waals surface area (Å²) in [6.07, 6.45) is 3.35. The lowest BCUT2D eigenvalue weighted by molar-refractivity contribution is 0.430. The third-order valence-corrected chi connectivity index (χ3v) is 6.12. The summed E-state index contributed by atoms with van der Waals surface area (Å²) >= 11 is 0. The summed E-state index contributed by atoms with van der Waals surface area (Å²) in [5.41, 5.74) is 2.78. The third kappa shape index (κ3) is 3.72. The van der Waals surface area contributed by atoms with E-state index in [1.165, 1.54) is 6.21 Å². The highest BCUT2D eigenvalue weighted by atomic mass is 16.3. The van der Waals surface area contributed by atoms with Crippen LogP contribution in [0.1, 0.15) is 29.5 Å². The number of rotatable bonds is 4. The van der Waals surface area contributed by atoms with E-state index in [2.05, 4.69) is 24.8 Å². The molecule has 0 saturated carbocycles. The highest BCUT2D eigenvalue weighted by molar-refractivity contribution is 5.91. The first-order valence-electron chi connectivity index (χ1n) is 11.0. The topological polar surface area (TPSA) is 139 Å². The molecule has 2 aromatic carbocycles. The summed E-state index contributed by atoms with van der Waals surface area (Å²) in [5, 5.41) is 10.9. The lowest BCUT2D eigenvalue weighted by Gasteiger charge is -2.19. The third-order valence-electron chi connectivity index (χ3n) is 6.12. The van der Waals surface area contributed by atoms with Gasteiger partial charge in [-0.15, -0.1) is 0 Å². The van der Waals surface area contributed by atoms with Crippen LogP contribution < -0.4 is 21.8 Å². The minimum Gasteiger partial charge on any atom is -0.493 e. The highest BCUT2D eigenvalue weighted by Gasteiger charge is 2.19. The number of aryl methyl sites for hydroxylation is 2. The summed E-state index contributed by atoms with van der Waals surface area (Å²) in [5.74, 6) is -0.495. The molecule has 34 heavy (non-hydrogen) atoms. The number of benzene rings is 2. The van der Waals surface area contributed by atoms with Gasteiger partial charge in [0, 0.05) is 19.3 Å². The van der Waals surface area contributed by atoms with Crippen molar-refractivity contribution < 1.29 is 5.11 Å². The number of nitrogens with one attached hydrogen (secondary N) is 3. The Morgan fingerprint density at radius 2 is 1.65 bits per heavy atom. The van der Waals surface area contributed by atoms with Crippen molar-refractivity contribution in [3.05, 3.63) is 78.3 Å². The molecule has 0 spiro atoms. The van der Waals surface area contributed by atoms with Crippen LogP contribution in [0.5, 0.6) is 5.88 Å². The zero-order valence-corrected chi connectivity index (χ0v) is 18.8. The Bertz CT molecular complexity index is 1620. The van der Waals surface area contributed by atoms with Crippen LogP contribution in [0.2, 0.25) is 0 Å². The molecule has 3 heterocycles. The molecule has 174 valence electrons. The van der Waals surface area contributed by atoms with Gasteiger partial charge in [0.25, 0.3) is 5.56 Å². The predicted octanol–water partition coefficient (Wildman–Crippen LogP) is 2.37. The zero-order chi connectivity index (χ0) is 24.0. The average molecular weight is 460 g/mol. The van der Waals surface area contributed by atoms with Crippen LogP contribution in [0.25, 0.3) is 16.7 Å². The fourth-order valence-electron chi connectivity index (χ4n) is 4.35. The molecule has 0 radical (unpaired) electrons. The summed E-state index contributed by atoms with van der Waals surface area (Å²) in [6, 6.07) is 9.08. The van der Waals surface area contributed by atoms with Crippen LogP contribution >= 0.6 is 0 Å². The van der Waals surface area contributed by atoms with Gasteiger partial charge in [0.05, 0.1) is 28.1 Å². The molecule has 10 heteroatoms. The molecule has 4 aromatic rings. The Morgan fingerprint density at radius 1 is 0.941 bits per heavy atom. The molecule has 1 aliphatic rings. The van der Waals surface area contributed by atoms with Gasteiger partial charge in [-0.25, -0.2) is 14.2 Å². The molecule has 0 unspecified atom stereocenters. The van der Waals surface area contributed by atoms with E-state index in [0.29, 0.717) is 22.4 Å². The number of aromatic hydroxyl groups is 1. The zero-order valence-electron chi connectivity index (χ0n) is 18.8. The van der Waals surface area contributed by atoms with Crippen molar-refractivity contribution in [2.24, 2.45) is 4.99 Å². The second-order valence-corrected chi connectivity index (χ2v) is 8.54. The molecule has 4 N–H and O–H groups in total. The second-order valence-electron chi connectivity index (χ2n) is 8.54. The fraction of sp³-hybridized carbons (Fsp3) is 0.250. The first kappa shape index (κ1) is 21.5. The minimum absolute atomic E-state index is 0.143. The van der Waals surface area contributed by atoms with E-state index in [-0.39, 0.29) is 11.3 Å². The average Bonchev–Trinajstić information content (AvgIpc) is 3.43. The van der Waals surface area contributed by atoms with E-state index < -0.39 is 17.1 Å². The molecule has 5 rings (SSSR count). The number of hydrogen-bond acceptors (Lipinski definition) is 6. The molecule has 2 aromatic heterocycles. The lowest BCUT2D eigenvalue weighted by atomic mass is 10.1. The van der Waals surface area contributed by atoms with E-state index in [9.17, 15) is 19.5 Å². The van der Waals surface area contributed by atoms with Crippen molar-refractivity contribution >= 4 is 28.6 Å². The molecule has 1 aliphatic heterocycles. The van der Waals surface area contributed by atoms with Crippen LogP contribution in [0, 0.1) is 13.8 Å². The Hall–Kier alpha value is -4.34. The van der Waals surface area contributed by atoms with E-state index in [0.717, 1.165) is 47.3 Å². The minimum atomic E-state index is -0.744. The van der Waals surface area contributed by atoms with Crippen molar-refractivity contribution in [1.82, 2.24) is 19.5 Å². The number of fused-ring (bicyclic) bond motifs is 1. The number of aromatic amines is 3. The number of aliphatic imine (C=N–C) groups is 1. The van der Waals surface area contributed by atoms with Gasteiger partial charge in [0.2, 0.25) is 5.88 Å². The summed E-state index contributed by atoms with van der Waals surface area (Å²) in [6.45, 7) is 5.40. The van der Waals surface area contributed by atoms with Gasteiger partial charge in [-0.1, -0.05) is 12.1 Å². The first-order chi connectivity index (χ1) is 16.3. The number of aromatic nitrogens is 4. The van der Waals surface area contributed by atoms with Crippen molar-refractivity contribution in [3.63, 3.8) is 0 Å². The molecule has 0 atom stereocenters. The maximum Gasteiger partial charge on any atom is 0.335 e. The van der Waals surface area contributed by atoms with Crippen molar-refractivity contribution in [3.8, 4) is 11.6 Å². The largest absolute Gasteiger partial charge is 0.493 e. The van der Waals surface area contributed by atoms with Crippen LogP contribution in [-0.4, -0.2) is 43.9 Å². The Labute approximate surface area is 193 Å². The van der Waals surface area contributed by atoms with Gasteiger partial charge in [0.15, 0.2) is 0 Å². The van der Waals surface area contributed by atoms with Gasteiger partial charge >= 0.3 is 11.4 Å². The van der Waals surface area contributed by atoms with Crippen LogP contribution in [0.15, 0.2) is 49.7 Å². The smallest absolute Gasteiger partial charge is 0.335 e. The maximum absolute atomic E-state index is 12.6. The van der Waals surface area contributed by atoms with Gasteiger partial charge in [-0.05, 0) is 56.0 Å². The Morgan fingerprint density at radius 3 is 2.38 bits per heavy atom. The summed E-state index contributed by atoms with van der Waals surface area (Å²) in [4.78, 5) is 51.4. The molecular formula is C24H24N6O4. The highest BCUT2D eigenvalue weighted by Crippen LogP contribution is 2.34. The predicted molar refractivity (Wildman–Crippen MR) is 131 cm³/mol. The van der Waals surface area contributed by atoms with Gasteiger partial charge < -0.3 is 20.0 Å². The monoisotopic (exact) mass is 460 g/mol. The summed E-state index contributed by atoms with van der Waals surface area (Å²) < 4.78 is 1.07. The number of nitrogens with zero attached hydrogens (tertiary/aromatic N) is 3. The van der Waals surface area contributed by atoms with Gasteiger partial charge in [0.1, 0.15) is 5.56 Å². The van der Waals surface area contributed by atoms with Gasteiger partial charge in [-0.2, -0.15) is 0 Å². The molecular weight excluding hydrogens is 436 g/mol. The quantitative estimate of drug-likeness (QED) is 0.346. The molecule has 0 aliphatic carbocycles. The van der Waals surface area contributed by atoms with Crippen LogP contribution in [0.3, 0.4) is 0 Å². The molecule has 0 amide bonds. The van der Waals surface area contributed by atoms with Crippen molar-refractivity contribution in [1.29, 1.82) is 0 Å². The summed E-state index contributed by atoms with van der Waals surface area (Å²) in [7, 11) is 0. The second kappa shape index (κ2) is 8.22. The maximum atomic E-state index is 12.6. The Balaban J connectivity index is 1.66. The van der Waals surface area contributed by atoms with Crippen LogP contribution in [0.4, 0.5) is 11.4 Å². The molecule has 1 saturated heterocycles. The normalized spacial score (nSPS) is 14.0. The number of H-pyrrole nitrogens is 3. The Kier molecular flexibility index (Phi) is 5.20. The SMILES string of the molecule is Cc1ccc(C)c(-n2c(O)c(C=Nc3cc4[nH]c(=O)[nH]c4cc3N3CCCC3)c(=O)[nH]c2=O)c1. The standard InChI is InChI=1S/C24H24N6O4/c1-13-5-6-14(2)19(9-13)30-22(32)15(21(31)28-24(30)34)12-25-18-10-16-17(27-23(33)26-16)11-20(18)29-7-3-4-8-29/h5-6,9-12,32H,3-4,7-8H2,1-2H3,(H2,26,27,33)(H,28,31,34).